The lowest BCUT2D eigenvalue weighted by Crippen LogP contribution is -2.27. The summed E-state index contributed by atoms with van der Waals surface area (Å²) >= 11 is 0. The second-order valence-electron chi connectivity index (χ2n) is 6.92. The van der Waals surface area contributed by atoms with E-state index in [2.05, 4.69) is 15.0 Å². The van der Waals surface area contributed by atoms with Crippen molar-refractivity contribution in [2.24, 2.45) is 0 Å². The quantitative estimate of drug-likeness (QED) is 0.548. The Kier molecular flexibility index (Phi) is 3.71. The topological polar surface area (TPSA) is 85.4 Å². The normalized spacial score (nSPS) is 13.4. The summed E-state index contributed by atoms with van der Waals surface area (Å²) < 4.78 is 3.37. The van der Waals surface area contributed by atoms with E-state index in [-0.39, 0.29) is 11.5 Å². The molecule has 1 aliphatic heterocycles. The maximum absolute atomic E-state index is 13.3. The Bertz CT molecular complexity index is 1260. The summed E-state index contributed by atoms with van der Waals surface area (Å²) in [7, 11) is 0. The van der Waals surface area contributed by atoms with Crippen molar-refractivity contribution in [3.05, 3.63) is 70.3 Å². The predicted octanol–water partition coefficient (Wildman–Crippen LogP) is 2.01. The molecule has 5 heterocycles. The van der Waals surface area contributed by atoms with Gasteiger partial charge in [-0.3, -0.25) is 14.0 Å². The highest BCUT2D eigenvalue weighted by Gasteiger charge is 2.28. The number of fused-ring (bicyclic) bond motifs is 3. The molecule has 140 valence electrons. The maximum Gasteiger partial charge on any atom is 0.271 e. The van der Waals surface area contributed by atoms with Gasteiger partial charge in [-0.25, -0.2) is 15.0 Å². The minimum atomic E-state index is -0.167. The smallest absolute Gasteiger partial charge is 0.271 e. The molecule has 0 atom stereocenters. The molecule has 0 bridgehead atoms. The zero-order chi connectivity index (χ0) is 19.3. The van der Waals surface area contributed by atoms with Gasteiger partial charge in [-0.05, 0) is 24.6 Å². The van der Waals surface area contributed by atoms with Crippen molar-refractivity contribution in [2.45, 2.75) is 33.0 Å². The zero-order valence-corrected chi connectivity index (χ0v) is 15.4. The van der Waals surface area contributed by atoms with Crippen LogP contribution in [-0.2, 0) is 19.6 Å². The number of rotatable bonds is 3. The van der Waals surface area contributed by atoms with E-state index >= 15 is 0 Å². The molecular weight excluding hydrogens is 356 g/mol. The minimum absolute atomic E-state index is 0.127. The number of hydrogen-bond donors (Lipinski definition) is 0. The van der Waals surface area contributed by atoms with Crippen molar-refractivity contribution in [3.63, 3.8) is 0 Å². The first kappa shape index (κ1) is 16.6. The maximum atomic E-state index is 13.3. The van der Waals surface area contributed by atoms with Crippen LogP contribution in [0.2, 0.25) is 0 Å². The lowest BCUT2D eigenvalue weighted by atomic mass is 10.3. The second-order valence-corrected chi connectivity index (χ2v) is 6.92. The summed E-state index contributed by atoms with van der Waals surface area (Å²) in [5.74, 6) is -0.127. The number of carbonyl (C=O) groups is 1. The third-order valence-corrected chi connectivity index (χ3v) is 5.11. The van der Waals surface area contributed by atoms with Gasteiger partial charge in [0.2, 0.25) is 0 Å². The molecule has 4 aromatic rings. The van der Waals surface area contributed by atoms with Crippen LogP contribution in [0.15, 0.2) is 47.8 Å². The molecule has 0 spiro atoms. The van der Waals surface area contributed by atoms with Crippen LogP contribution >= 0.6 is 0 Å². The minimum Gasteiger partial charge on any atom is -0.327 e. The van der Waals surface area contributed by atoms with Gasteiger partial charge >= 0.3 is 0 Å². The molecular formula is C20H18N6O2. The fourth-order valence-corrected chi connectivity index (χ4v) is 3.79. The summed E-state index contributed by atoms with van der Waals surface area (Å²) in [5, 5.41) is 0.456. The summed E-state index contributed by atoms with van der Waals surface area (Å²) in [4.78, 5) is 40.9. The molecule has 0 aromatic carbocycles. The molecule has 28 heavy (non-hydrogen) atoms. The fourth-order valence-electron chi connectivity index (χ4n) is 3.79. The van der Waals surface area contributed by atoms with E-state index in [4.69, 9.17) is 0 Å². The van der Waals surface area contributed by atoms with E-state index in [9.17, 15) is 9.59 Å². The first-order chi connectivity index (χ1) is 13.7. The van der Waals surface area contributed by atoms with Crippen LogP contribution in [0, 0.1) is 0 Å². The Hall–Kier alpha value is -3.55. The number of hydrogen-bond acceptors (Lipinski definition) is 5. The largest absolute Gasteiger partial charge is 0.327 e. The van der Waals surface area contributed by atoms with Gasteiger partial charge in [0.1, 0.15) is 23.3 Å². The monoisotopic (exact) mass is 374 g/mol. The zero-order valence-electron chi connectivity index (χ0n) is 15.4. The molecule has 0 unspecified atom stereocenters. The van der Waals surface area contributed by atoms with Crippen molar-refractivity contribution >= 4 is 22.6 Å². The summed E-state index contributed by atoms with van der Waals surface area (Å²) in [5.41, 5.74) is 3.26. The average Bonchev–Trinajstić information content (AvgIpc) is 3.30. The average molecular weight is 374 g/mol. The van der Waals surface area contributed by atoms with Gasteiger partial charge in [0, 0.05) is 31.0 Å². The van der Waals surface area contributed by atoms with Gasteiger partial charge in [-0.1, -0.05) is 13.0 Å². The highest BCUT2D eigenvalue weighted by molar-refractivity contribution is 5.98. The van der Waals surface area contributed by atoms with Gasteiger partial charge in [0.15, 0.2) is 0 Å². The highest BCUT2D eigenvalue weighted by Crippen LogP contribution is 2.24. The van der Waals surface area contributed by atoms with Crippen LogP contribution in [0.3, 0.4) is 0 Å². The third kappa shape index (κ3) is 2.41. The van der Waals surface area contributed by atoms with E-state index in [0.29, 0.717) is 42.0 Å². The molecule has 1 aliphatic rings. The Morgan fingerprint density at radius 3 is 2.96 bits per heavy atom. The molecule has 0 saturated heterocycles. The van der Waals surface area contributed by atoms with E-state index in [1.165, 1.54) is 10.7 Å². The van der Waals surface area contributed by atoms with Gasteiger partial charge in [-0.2, -0.15) is 0 Å². The van der Waals surface area contributed by atoms with Crippen molar-refractivity contribution < 1.29 is 4.79 Å². The molecule has 8 heteroatoms. The number of aryl methyl sites for hydroxylation is 1. The Balaban J connectivity index is 1.66. The summed E-state index contributed by atoms with van der Waals surface area (Å²) in [6.45, 7) is 3.56. The van der Waals surface area contributed by atoms with Crippen LogP contribution in [0.5, 0.6) is 0 Å². The molecule has 5 rings (SSSR count). The van der Waals surface area contributed by atoms with Crippen molar-refractivity contribution in [3.8, 4) is 0 Å². The first-order valence-electron chi connectivity index (χ1n) is 9.25. The van der Waals surface area contributed by atoms with Crippen LogP contribution in [0.25, 0.3) is 16.7 Å². The van der Waals surface area contributed by atoms with Gasteiger partial charge in [0.25, 0.3) is 11.5 Å². The van der Waals surface area contributed by atoms with Crippen LogP contribution < -0.4 is 5.56 Å². The molecule has 1 amide bonds. The highest BCUT2D eigenvalue weighted by atomic mass is 16.2. The van der Waals surface area contributed by atoms with Crippen molar-refractivity contribution in [1.82, 2.24) is 28.8 Å². The van der Waals surface area contributed by atoms with Crippen LogP contribution in [0.1, 0.15) is 35.1 Å². The van der Waals surface area contributed by atoms with E-state index < -0.39 is 0 Å². The lowest BCUT2D eigenvalue weighted by molar-refractivity contribution is 0.0739. The summed E-state index contributed by atoms with van der Waals surface area (Å²) in [6.07, 6.45) is 5.76. The molecule has 0 fully saturated rings. The molecule has 4 aromatic heterocycles. The molecule has 0 radical (unpaired) electrons. The fraction of sp³-hybridized carbons (Fsp3) is 0.250. The van der Waals surface area contributed by atoms with E-state index in [1.54, 1.807) is 35.5 Å². The Morgan fingerprint density at radius 1 is 1.25 bits per heavy atom. The summed E-state index contributed by atoms with van der Waals surface area (Å²) in [6, 6.07) is 7.10. The number of nitrogens with zero attached hydrogens (tertiary/aromatic N) is 6. The van der Waals surface area contributed by atoms with Gasteiger partial charge in [-0.15, -0.1) is 0 Å². The number of aromatic nitrogens is 5. The Labute approximate surface area is 160 Å². The number of pyridine rings is 1. The van der Waals surface area contributed by atoms with Crippen LogP contribution in [0.4, 0.5) is 0 Å². The number of amides is 1. The lowest BCUT2D eigenvalue weighted by Gasteiger charge is -2.16. The SMILES string of the molecule is CCCn1c(C(=O)N2Cc3cncnc3C2)cc2c(=O)n3ccccc3nc21. The predicted molar refractivity (Wildman–Crippen MR) is 103 cm³/mol. The molecule has 8 nitrogen and oxygen atoms in total. The first-order valence-corrected chi connectivity index (χ1v) is 9.25. The van der Waals surface area contributed by atoms with Gasteiger partial charge in [0.05, 0.1) is 17.6 Å². The van der Waals surface area contributed by atoms with Crippen LogP contribution in [-0.4, -0.2) is 34.7 Å². The van der Waals surface area contributed by atoms with Gasteiger partial charge < -0.3 is 9.47 Å². The van der Waals surface area contributed by atoms with Crippen molar-refractivity contribution in [2.75, 3.05) is 0 Å². The van der Waals surface area contributed by atoms with Crippen molar-refractivity contribution in [1.29, 1.82) is 0 Å². The van der Waals surface area contributed by atoms with E-state index in [1.807, 2.05) is 17.6 Å². The Morgan fingerprint density at radius 2 is 2.14 bits per heavy atom. The molecule has 0 aliphatic carbocycles. The second kappa shape index (κ2) is 6.26. The molecule has 0 saturated carbocycles. The standard InChI is InChI=1S/C20H18N6O2/c1-2-6-25-16(20(28)24-10-13-9-21-12-22-15(13)11-24)8-14-18(25)23-17-5-3-4-7-26(17)19(14)27/h3-5,7-9,12H,2,6,10-11H2,1H3. The third-order valence-electron chi connectivity index (χ3n) is 5.11. The number of carbonyl (C=O) groups excluding carboxylic acids is 1. The molecule has 0 N–H and O–H groups in total. The van der Waals surface area contributed by atoms with E-state index in [0.717, 1.165) is 17.7 Å².